The second-order valence-electron chi connectivity index (χ2n) is 4.88. The summed E-state index contributed by atoms with van der Waals surface area (Å²) >= 11 is 0. The highest BCUT2D eigenvalue weighted by atomic mass is 16.5. The van der Waals surface area contributed by atoms with Crippen LogP contribution in [0.1, 0.15) is 25.7 Å². The Morgan fingerprint density at radius 2 is 1.95 bits per heavy atom. The van der Waals surface area contributed by atoms with Gasteiger partial charge in [-0.1, -0.05) is 0 Å². The second kappa shape index (κ2) is 6.39. The molecule has 0 amide bonds. The first-order chi connectivity index (χ1) is 10.1. The number of nitriles is 1. The first-order valence-electron chi connectivity index (χ1n) is 6.73. The summed E-state index contributed by atoms with van der Waals surface area (Å²) in [6.45, 7) is 0. The van der Waals surface area contributed by atoms with E-state index in [1.54, 1.807) is 0 Å². The smallest absolute Gasteiger partial charge is 0.330 e. The van der Waals surface area contributed by atoms with Gasteiger partial charge in [0.1, 0.15) is 18.2 Å². The van der Waals surface area contributed by atoms with Crippen molar-refractivity contribution < 1.29 is 19.1 Å². The van der Waals surface area contributed by atoms with Crippen molar-refractivity contribution in [2.75, 3.05) is 14.2 Å². The monoisotopic (exact) mass is 291 g/mol. The van der Waals surface area contributed by atoms with Gasteiger partial charge < -0.3 is 14.8 Å². The van der Waals surface area contributed by atoms with E-state index in [-0.39, 0.29) is 11.9 Å². The molecule has 0 bridgehead atoms. The third kappa shape index (κ3) is 3.05. The molecule has 2 atom stereocenters. The Labute approximate surface area is 122 Å². The molecular formula is C14H17N3O4. The van der Waals surface area contributed by atoms with Crippen molar-refractivity contribution in [2.45, 2.75) is 37.8 Å². The molecule has 0 aromatic heterocycles. The van der Waals surface area contributed by atoms with E-state index < -0.39 is 12.1 Å². The number of rotatable bonds is 3. The van der Waals surface area contributed by atoms with E-state index >= 15 is 0 Å². The number of allylic oxidation sites excluding steroid dienone is 2. The number of carbonyl (C=O) groups excluding carboxylic acids is 2. The van der Waals surface area contributed by atoms with Gasteiger partial charge in [0.05, 0.1) is 25.5 Å². The van der Waals surface area contributed by atoms with Crippen molar-refractivity contribution in [3.63, 3.8) is 0 Å². The molecular weight excluding hydrogens is 274 g/mol. The lowest BCUT2D eigenvalue weighted by atomic mass is 10.1. The lowest BCUT2D eigenvalue weighted by molar-refractivity contribution is -0.143. The summed E-state index contributed by atoms with van der Waals surface area (Å²) in [5.74, 6) is -0.734. The van der Waals surface area contributed by atoms with Gasteiger partial charge in [0, 0.05) is 5.70 Å². The molecule has 2 rings (SSSR count). The van der Waals surface area contributed by atoms with Gasteiger partial charge in [-0.05, 0) is 25.7 Å². The highest BCUT2D eigenvalue weighted by Crippen LogP contribution is 2.25. The van der Waals surface area contributed by atoms with Gasteiger partial charge in [0.25, 0.3) is 0 Å². The molecule has 7 heteroatoms. The van der Waals surface area contributed by atoms with Crippen LogP contribution in [0.5, 0.6) is 0 Å². The van der Waals surface area contributed by atoms with Gasteiger partial charge in [0.15, 0.2) is 0 Å². The summed E-state index contributed by atoms with van der Waals surface area (Å²) in [5, 5.41) is 12.4. The highest BCUT2D eigenvalue weighted by molar-refractivity contribution is 6.06. The number of nitrogens with one attached hydrogen (secondary N) is 1. The number of hydrogen-bond acceptors (Lipinski definition) is 7. The molecule has 1 fully saturated rings. The van der Waals surface area contributed by atoms with Crippen molar-refractivity contribution >= 4 is 17.7 Å². The molecule has 0 aromatic rings. The summed E-state index contributed by atoms with van der Waals surface area (Å²) in [6, 6.07) is 1.16. The first kappa shape index (κ1) is 15.0. The van der Waals surface area contributed by atoms with Crippen LogP contribution in [-0.4, -0.2) is 44.0 Å². The minimum absolute atomic E-state index is 0.344. The van der Waals surface area contributed by atoms with Gasteiger partial charge >= 0.3 is 11.9 Å². The average molecular weight is 291 g/mol. The maximum atomic E-state index is 11.5. The summed E-state index contributed by atoms with van der Waals surface area (Å²) in [7, 11) is 2.65. The van der Waals surface area contributed by atoms with E-state index in [4.69, 9.17) is 0 Å². The van der Waals surface area contributed by atoms with Gasteiger partial charge in [0.2, 0.25) is 0 Å². The van der Waals surface area contributed by atoms with Gasteiger partial charge in [-0.3, -0.25) is 4.99 Å². The van der Waals surface area contributed by atoms with Gasteiger partial charge in [-0.25, -0.2) is 9.59 Å². The van der Waals surface area contributed by atoms with E-state index in [0.29, 0.717) is 42.7 Å². The Balaban J connectivity index is 2.18. The maximum absolute atomic E-state index is 11.5. The third-order valence-corrected chi connectivity index (χ3v) is 3.66. The van der Waals surface area contributed by atoms with Crippen molar-refractivity contribution in [1.82, 2.24) is 5.32 Å². The number of esters is 2. The maximum Gasteiger partial charge on any atom is 0.330 e. The Kier molecular flexibility index (Phi) is 4.58. The Hall–Kier alpha value is -2.36. The van der Waals surface area contributed by atoms with E-state index in [2.05, 4.69) is 25.9 Å². The minimum atomic E-state index is -0.535. The lowest BCUT2D eigenvalue weighted by Gasteiger charge is -2.09. The molecule has 0 saturated carbocycles. The molecule has 0 radical (unpaired) electrons. The fraction of sp³-hybridized carbons (Fsp3) is 0.571. The molecule has 2 heterocycles. The molecule has 0 spiro atoms. The van der Waals surface area contributed by atoms with Crippen molar-refractivity contribution in [3.8, 4) is 6.07 Å². The van der Waals surface area contributed by atoms with Crippen LogP contribution in [-0.2, 0) is 19.1 Å². The van der Waals surface area contributed by atoms with Crippen LogP contribution < -0.4 is 5.32 Å². The first-order valence-corrected chi connectivity index (χ1v) is 6.73. The van der Waals surface area contributed by atoms with Crippen LogP contribution in [0.3, 0.4) is 0 Å². The summed E-state index contributed by atoms with van der Waals surface area (Å²) in [5.41, 5.74) is 1.71. The summed E-state index contributed by atoms with van der Waals surface area (Å²) in [6.07, 6.45) is 2.27. The molecule has 1 N–H and O–H groups in total. The lowest BCUT2D eigenvalue weighted by Crippen LogP contribution is -2.31. The molecule has 2 unspecified atom stereocenters. The molecule has 112 valence electrons. The minimum Gasteiger partial charge on any atom is -0.467 e. The van der Waals surface area contributed by atoms with Crippen molar-refractivity contribution in [3.05, 3.63) is 11.3 Å². The summed E-state index contributed by atoms with van der Waals surface area (Å²) < 4.78 is 9.35. The SMILES string of the molecule is COC(=O)C1CCC(/C(C#N)=C2/CCC(C(=O)OC)N2)=N1. The average Bonchev–Trinajstić information content (AvgIpc) is 3.16. The number of carbonyl (C=O) groups is 2. The van der Waals surface area contributed by atoms with Gasteiger partial charge in [-0.2, -0.15) is 5.26 Å². The molecule has 21 heavy (non-hydrogen) atoms. The molecule has 2 aliphatic rings. The van der Waals surface area contributed by atoms with Crippen LogP contribution in [0, 0.1) is 11.3 Å². The second-order valence-corrected chi connectivity index (χ2v) is 4.88. The third-order valence-electron chi connectivity index (χ3n) is 3.66. The largest absolute Gasteiger partial charge is 0.467 e. The van der Waals surface area contributed by atoms with E-state index in [0.717, 1.165) is 0 Å². The van der Waals surface area contributed by atoms with E-state index in [1.807, 2.05) is 0 Å². The molecule has 0 aromatic carbocycles. The van der Waals surface area contributed by atoms with Crippen LogP contribution in [0.25, 0.3) is 0 Å². The Bertz CT molecular complexity index is 559. The fourth-order valence-corrected chi connectivity index (χ4v) is 2.55. The van der Waals surface area contributed by atoms with Crippen LogP contribution in [0.2, 0.25) is 0 Å². The topological polar surface area (TPSA) is 101 Å². The number of methoxy groups -OCH3 is 2. The molecule has 0 aliphatic carbocycles. The quantitative estimate of drug-likeness (QED) is 0.599. The van der Waals surface area contributed by atoms with Crippen molar-refractivity contribution in [1.29, 1.82) is 5.26 Å². The van der Waals surface area contributed by atoms with Crippen LogP contribution in [0.4, 0.5) is 0 Å². The highest BCUT2D eigenvalue weighted by Gasteiger charge is 2.32. The van der Waals surface area contributed by atoms with Crippen molar-refractivity contribution in [2.24, 2.45) is 4.99 Å². The zero-order chi connectivity index (χ0) is 15.4. The van der Waals surface area contributed by atoms with Crippen LogP contribution in [0.15, 0.2) is 16.3 Å². The van der Waals surface area contributed by atoms with E-state index in [9.17, 15) is 14.9 Å². The van der Waals surface area contributed by atoms with Gasteiger partial charge in [-0.15, -0.1) is 0 Å². The zero-order valence-corrected chi connectivity index (χ0v) is 12.0. The predicted molar refractivity (Wildman–Crippen MR) is 73.3 cm³/mol. The van der Waals surface area contributed by atoms with E-state index in [1.165, 1.54) is 14.2 Å². The molecule has 1 saturated heterocycles. The summed E-state index contributed by atoms with van der Waals surface area (Å²) in [4.78, 5) is 27.2. The molecule has 2 aliphatic heterocycles. The number of aliphatic imine (C=N–C) groups is 1. The molecule has 7 nitrogen and oxygen atoms in total. The number of hydrogen-bond donors (Lipinski definition) is 1. The Morgan fingerprint density at radius 1 is 1.24 bits per heavy atom. The number of ether oxygens (including phenoxy) is 2. The fourth-order valence-electron chi connectivity index (χ4n) is 2.55. The standard InChI is InChI=1S/C14H17N3O4/c1-20-13(18)11-5-3-9(16-11)8(7-15)10-4-6-12(17-10)14(19)21-2/h11-12,16H,3-6H2,1-2H3/b9-8-. The predicted octanol–water partition coefficient (Wildman–Crippen LogP) is 0.465. The Morgan fingerprint density at radius 3 is 2.57 bits per heavy atom. The zero-order valence-electron chi connectivity index (χ0n) is 12.0. The van der Waals surface area contributed by atoms with Crippen LogP contribution >= 0.6 is 0 Å². The normalized spacial score (nSPS) is 26.4. The number of nitrogens with zero attached hydrogens (tertiary/aromatic N) is 2.